The van der Waals surface area contributed by atoms with Crippen LogP contribution >= 0.6 is 63.7 Å². The molecule has 0 spiro atoms. The Bertz CT molecular complexity index is 4260. The van der Waals surface area contributed by atoms with Gasteiger partial charge in [0.05, 0.1) is 0 Å². The lowest BCUT2D eigenvalue weighted by Gasteiger charge is -2.42. The molecule has 0 amide bonds. The van der Waals surface area contributed by atoms with Crippen LogP contribution in [0, 0.1) is 27.7 Å². The summed E-state index contributed by atoms with van der Waals surface area (Å²) in [5.41, 5.74) is 30.4. The molecule has 358 valence electrons. The van der Waals surface area contributed by atoms with E-state index < -0.39 is 0 Å². The number of fused-ring (bicyclic) bond motifs is 8. The fourth-order valence-electron chi connectivity index (χ4n) is 14.5. The molecule has 0 aliphatic carbocycles. The van der Waals surface area contributed by atoms with Gasteiger partial charge >= 0.3 is 0 Å². The van der Waals surface area contributed by atoms with E-state index in [1.807, 2.05) is 0 Å². The van der Waals surface area contributed by atoms with Crippen molar-refractivity contribution in [1.82, 2.24) is 0 Å². The van der Waals surface area contributed by atoms with Crippen molar-refractivity contribution in [2.24, 2.45) is 0 Å². The molecule has 8 heteroatoms. The third-order valence-corrected chi connectivity index (χ3v) is 19.2. The van der Waals surface area contributed by atoms with Crippen LogP contribution in [0.15, 0.2) is 200 Å². The summed E-state index contributed by atoms with van der Waals surface area (Å²) in [6.07, 6.45) is 0. The summed E-state index contributed by atoms with van der Waals surface area (Å²) in [6.45, 7) is 9.12. The van der Waals surface area contributed by atoms with Gasteiger partial charge in [0.2, 0.25) is 13.4 Å². The summed E-state index contributed by atoms with van der Waals surface area (Å²) in [5.74, 6) is 0. The second-order valence-electron chi connectivity index (χ2n) is 21.4. The molecular formula is C68H42B2Br4N2. The van der Waals surface area contributed by atoms with E-state index >= 15 is 0 Å². The molecule has 4 aliphatic heterocycles. The maximum Gasteiger partial charge on any atom is 0.248 e. The molecule has 12 aromatic rings. The Hall–Kier alpha value is -6.67. The minimum Gasteiger partial charge on any atom is -0.311 e. The number of halogens is 4. The molecule has 0 radical (unpaired) electrons. The van der Waals surface area contributed by atoms with Crippen molar-refractivity contribution in [3.8, 4) is 44.5 Å². The van der Waals surface area contributed by atoms with Gasteiger partial charge in [-0.15, -0.1) is 0 Å². The number of hydrogen-bond acceptors (Lipinski definition) is 2. The van der Waals surface area contributed by atoms with Gasteiger partial charge in [-0.2, -0.15) is 0 Å². The van der Waals surface area contributed by atoms with E-state index in [1.54, 1.807) is 0 Å². The maximum atomic E-state index is 4.14. The number of nitrogens with zero attached hydrogens (tertiary/aromatic N) is 2. The van der Waals surface area contributed by atoms with Crippen molar-refractivity contribution in [2.75, 3.05) is 9.80 Å². The molecule has 0 saturated heterocycles. The molecule has 0 atom stereocenters. The van der Waals surface area contributed by atoms with Crippen molar-refractivity contribution in [2.45, 2.75) is 27.7 Å². The molecule has 16 rings (SSSR count). The third-order valence-electron chi connectivity index (χ3n) is 17.3. The minimum absolute atomic E-state index is 0.0453. The van der Waals surface area contributed by atoms with Crippen molar-refractivity contribution in [1.29, 1.82) is 0 Å². The Balaban J connectivity index is 1.15. The standard InChI is InChI=1S/C68H42B2Br4N2/c1-35-13-11-14-36(2)61(35)45-31-47-51-25-41(73)29-59-67(51)70(54-24-22-40(72)28-58(54)75(59)43-17-7-5-8-18-43)56-34-50-46(62-37(3)15-12-16-38(62)4)32-48-52-26-42(74)30-60-68(52)69(55-33-49(45)65(63(47)56)66(50)64(48)55)53-23-21-39(71)27-57(53)76(60)44-19-9-6-10-20-44/h5-34H,1-4H3. The van der Waals surface area contributed by atoms with Crippen molar-refractivity contribution in [3.63, 3.8) is 0 Å². The van der Waals surface area contributed by atoms with Crippen LogP contribution in [-0.2, 0) is 0 Å². The molecule has 0 bridgehead atoms. The molecule has 0 fully saturated rings. The van der Waals surface area contributed by atoms with Gasteiger partial charge < -0.3 is 9.80 Å². The smallest absolute Gasteiger partial charge is 0.248 e. The molecule has 0 aromatic heterocycles. The number of benzene rings is 12. The van der Waals surface area contributed by atoms with Crippen LogP contribution in [-0.4, -0.2) is 13.4 Å². The Morgan fingerprint density at radius 2 is 0.684 bits per heavy atom. The van der Waals surface area contributed by atoms with Gasteiger partial charge in [0.1, 0.15) is 0 Å². The van der Waals surface area contributed by atoms with E-state index in [-0.39, 0.29) is 13.4 Å². The Labute approximate surface area is 476 Å². The van der Waals surface area contributed by atoms with E-state index in [0.29, 0.717) is 0 Å². The number of aryl methyl sites for hydroxylation is 4. The molecule has 76 heavy (non-hydrogen) atoms. The van der Waals surface area contributed by atoms with E-state index in [9.17, 15) is 0 Å². The first-order chi connectivity index (χ1) is 37.0. The van der Waals surface area contributed by atoms with Crippen LogP contribution in [0.25, 0.3) is 76.8 Å². The average Bonchev–Trinajstić information content (AvgIpc) is 3.43. The lowest BCUT2D eigenvalue weighted by Crippen LogP contribution is -2.60. The van der Waals surface area contributed by atoms with Crippen LogP contribution in [0.1, 0.15) is 22.3 Å². The van der Waals surface area contributed by atoms with Crippen LogP contribution in [0.4, 0.5) is 34.1 Å². The maximum absolute atomic E-state index is 4.14. The fourth-order valence-corrected chi connectivity index (χ4v) is 16.1. The minimum atomic E-state index is -0.0453. The quantitative estimate of drug-likeness (QED) is 0.128. The zero-order valence-electron chi connectivity index (χ0n) is 41.9. The van der Waals surface area contributed by atoms with Crippen LogP contribution in [0.3, 0.4) is 0 Å². The van der Waals surface area contributed by atoms with Crippen LogP contribution < -0.4 is 42.6 Å². The fraction of sp³-hybridized carbons (Fsp3) is 0.0588. The molecule has 4 aliphatic rings. The summed E-state index contributed by atoms with van der Waals surface area (Å²) >= 11 is 16.2. The van der Waals surface area contributed by atoms with Gasteiger partial charge in [-0.25, -0.2) is 0 Å². The second kappa shape index (κ2) is 16.4. The van der Waals surface area contributed by atoms with Gasteiger partial charge in [-0.1, -0.05) is 172 Å². The van der Waals surface area contributed by atoms with Gasteiger partial charge in [-0.3, -0.25) is 0 Å². The third kappa shape index (κ3) is 6.16. The van der Waals surface area contributed by atoms with E-state index in [1.165, 1.54) is 155 Å². The zero-order valence-corrected chi connectivity index (χ0v) is 48.2. The summed E-state index contributed by atoms with van der Waals surface area (Å²) in [5, 5.41) is 8.00. The highest BCUT2D eigenvalue weighted by Crippen LogP contribution is 2.54. The number of para-hydroxylation sites is 2. The Kier molecular flexibility index (Phi) is 9.84. The summed E-state index contributed by atoms with van der Waals surface area (Å²) in [4.78, 5) is 4.98. The van der Waals surface area contributed by atoms with E-state index in [2.05, 4.69) is 283 Å². The van der Waals surface area contributed by atoms with Crippen molar-refractivity contribution in [3.05, 3.63) is 222 Å². The number of hydrogen-bond donors (Lipinski definition) is 0. The summed E-state index contributed by atoms with van der Waals surface area (Å²) < 4.78 is 4.23. The first kappa shape index (κ1) is 45.5. The highest BCUT2D eigenvalue weighted by Gasteiger charge is 2.46. The molecule has 0 N–H and O–H groups in total. The molecule has 0 saturated carbocycles. The highest BCUT2D eigenvalue weighted by molar-refractivity contribution is 9.11. The predicted molar refractivity (Wildman–Crippen MR) is 340 cm³/mol. The number of anilines is 6. The topological polar surface area (TPSA) is 6.48 Å². The van der Waals surface area contributed by atoms with E-state index in [4.69, 9.17) is 0 Å². The average molecular weight is 1230 g/mol. The lowest BCUT2D eigenvalue weighted by molar-refractivity contribution is 1.29. The van der Waals surface area contributed by atoms with Gasteiger partial charge in [0, 0.05) is 52.0 Å². The predicted octanol–water partition coefficient (Wildman–Crippen LogP) is 16.8. The van der Waals surface area contributed by atoms with Crippen LogP contribution in [0.5, 0.6) is 0 Å². The lowest BCUT2D eigenvalue weighted by atomic mass is 9.31. The Morgan fingerprint density at radius 3 is 1.08 bits per heavy atom. The zero-order chi connectivity index (χ0) is 51.2. The number of rotatable bonds is 4. The highest BCUT2D eigenvalue weighted by atomic mass is 79.9. The monoisotopic (exact) mass is 1220 g/mol. The first-order valence-corrected chi connectivity index (χ1v) is 29.2. The summed E-state index contributed by atoms with van der Waals surface area (Å²) in [7, 11) is 0. The molecular weight excluding hydrogens is 1190 g/mol. The Morgan fingerprint density at radius 1 is 0.303 bits per heavy atom. The molecule has 2 nitrogen and oxygen atoms in total. The normalized spacial score (nSPS) is 13.4. The van der Waals surface area contributed by atoms with Crippen LogP contribution in [0.2, 0.25) is 0 Å². The molecule has 4 heterocycles. The van der Waals surface area contributed by atoms with Gasteiger partial charge in [0.25, 0.3) is 0 Å². The molecule has 0 unspecified atom stereocenters. The largest absolute Gasteiger partial charge is 0.311 e. The van der Waals surface area contributed by atoms with Crippen molar-refractivity contribution >= 4 is 176 Å². The van der Waals surface area contributed by atoms with Crippen molar-refractivity contribution < 1.29 is 0 Å². The molecule has 12 aromatic carbocycles. The van der Waals surface area contributed by atoms with Gasteiger partial charge in [0.15, 0.2) is 0 Å². The SMILES string of the molecule is Cc1cccc(C)c1-c1cc2c3c(cc4c(-c5c(C)cccc5C)cc5c6c(cc1c3c46)B1c3ccc(Br)cc3N(c3ccccc3)c3cc(Br)cc-5c31)B1c3ccc(Br)cc3N(c3ccccc3)c3cc(Br)cc-2c31. The summed E-state index contributed by atoms with van der Waals surface area (Å²) in [6, 6.07) is 69.4. The second-order valence-corrected chi connectivity index (χ2v) is 25.1. The first-order valence-electron chi connectivity index (χ1n) is 26.0. The van der Waals surface area contributed by atoms with Gasteiger partial charge in [-0.05, 0) is 234 Å². The van der Waals surface area contributed by atoms with E-state index in [0.717, 1.165) is 29.3 Å².